The van der Waals surface area contributed by atoms with Gasteiger partial charge in [0.1, 0.15) is 0 Å². The first-order chi connectivity index (χ1) is 8.00. The second-order valence-corrected chi connectivity index (χ2v) is 5.70. The lowest BCUT2D eigenvalue weighted by Crippen LogP contribution is -2.23. The molecule has 0 aromatic carbocycles. The van der Waals surface area contributed by atoms with Crippen LogP contribution in [0.4, 0.5) is 0 Å². The summed E-state index contributed by atoms with van der Waals surface area (Å²) < 4.78 is 0. The summed E-state index contributed by atoms with van der Waals surface area (Å²) in [5.41, 5.74) is 3.57. The van der Waals surface area contributed by atoms with Gasteiger partial charge < -0.3 is 5.11 Å². The van der Waals surface area contributed by atoms with Gasteiger partial charge in [0, 0.05) is 5.57 Å². The number of fused-ring (bicyclic) bond motifs is 1. The second-order valence-electron chi connectivity index (χ2n) is 5.70. The Labute approximate surface area is 103 Å². The average molecular weight is 234 g/mol. The fraction of sp³-hybridized carbons (Fsp3) is 0.667. The van der Waals surface area contributed by atoms with Crippen molar-refractivity contribution in [3.8, 4) is 0 Å². The summed E-state index contributed by atoms with van der Waals surface area (Å²) in [6.45, 7) is 6.28. The number of aliphatic carboxylic acids is 1. The monoisotopic (exact) mass is 234 g/mol. The third kappa shape index (κ3) is 2.31. The normalized spacial score (nSPS) is 33.8. The Morgan fingerprint density at radius 3 is 2.71 bits per heavy atom. The molecule has 2 nitrogen and oxygen atoms in total. The molecule has 0 radical (unpaired) electrons. The van der Waals surface area contributed by atoms with Crippen LogP contribution in [0, 0.1) is 17.8 Å². The van der Waals surface area contributed by atoms with Gasteiger partial charge in [0.2, 0.25) is 0 Å². The average Bonchev–Trinajstić information content (AvgIpc) is 2.66. The van der Waals surface area contributed by atoms with E-state index in [-0.39, 0.29) is 0 Å². The number of hydrogen-bond donors (Lipinski definition) is 1. The summed E-state index contributed by atoms with van der Waals surface area (Å²) >= 11 is 0. The zero-order valence-electron chi connectivity index (χ0n) is 11.0. The van der Waals surface area contributed by atoms with Crippen molar-refractivity contribution in [2.75, 3.05) is 0 Å². The Morgan fingerprint density at radius 1 is 1.35 bits per heavy atom. The summed E-state index contributed by atoms with van der Waals surface area (Å²) in [6.07, 6.45) is 6.81. The molecule has 0 aromatic rings. The number of carboxylic acids is 1. The maximum Gasteiger partial charge on any atom is 0.330 e. The van der Waals surface area contributed by atoms with Crippen molar-refractivity contribution < 1.29 is 9.90 Å². The van der Waals surface area contributed by atoms with Gasteiger partial charge in [-0.15, -0.1) is 0 Å². The lowest BCUT2D eigenvalue weighted by atomic mass is 9.71. The molecular weight excluding hydrogens is 212 g/mol. The molecule has 1 saturated carbocycles. The molecule has 0 heterocycles. The Balaban J connectivity index is 2.27. The van der Waals surface area contributed by atoms with Crippen LogP contribution in [0.25, 0.3) is 0 Å². The van der Waals surface area contributed by atoms with Gasteiger partial charge in [0.15, 0.2) is 0 Å². The van der Waals surface area contributed by atoms with Gasteiger partial charge in [-0.05, 0) is 57.3 Å². The molecule has 0 saturated heterocycles. The van der Waals surface area contributed by atoms with E-state index in [1.165, 1.54) is 24.8 Å². The van der Waals surface area contributed by atoms with Crippen LogP contribution in [0.15, 0.2) is 22.8 Å². The van der Waals surface area contributed by atoms with E-state index in [0.717, 1.165) is 12.3 Å². The fourth-order valence-electron chi connectivity index (χ4n) is 3.52. The molecule has 2 aliphatic rings. The van der Waals surface area contributed by atoms with Crippen LogP contribution in [0.1, 0.15) is 46.5 Å². The van der Waals surface area contributed by atoms with Gasteiger partial charge in [-0.1, -0.05) is 24.1 Å². The van der Waals surface area contributed by atoms with Gasteiger partial charge in [-0.3, -0.25) is 0 Å². The van der Waals surface area contributed by atoms with Gasteiger partial charge in [-0.25, -0.2) is 4.79 Å². The highest BCUT2D eigenvalue weighted by Crippen LogP contribution is 2.48. The van der Waals surface area contributed by atoms with Crippen molar-refractivity contribution >= 4 is 5.97 Å². The predicted octanol–water partition coefficient (Wildman–Crippen LogP) is 3.79. The van der Waals surface area contributed by atoms with E-state index < -0.39 is 5.97 Å². The van der Waals surface area contributed by atoms with Gasteiger partial charge >= 0.3 is 5.97 Å². The summed E-state index contributed by atoms with van der Waals surface area (Å²) in [7, 11) is 0. The van der Waals surface area contributed by atoms with E-state index in [1.807, 2.05) is 6.08 Å². The Morgan fingerprint density at radius 2 is 2.06 bits per heavy atom. The van der Waals surface area contributed by atoms with Crippen LogP contribution < -0.4 is 0 Å². The minimum Gasteiger partial charge on any atom is -0.478 e. The summed E-state index contributed by atoms with van der Waals surface area (Å²) in [6, 6.07) is 0. The lowest BCUT2D eigenvalue weighted by Gasteiger charge is -2.34. The summed E-state index contributed by atoms with van der Waals surface area (Å²) in [5, 5.41) is 8.99. The van der Waals surface area contributed by atoms with E-state index in [2.05, 4.69) is 13.8 Å². The molecule has 1 fully saturated rings. The first-order valence-corrected chi connectivity index (χ1v) is 6.62. The Kier molecular flexibility index (Phi) is 3.41. The topological polar surface area (TPSA) is 37.3 Å². The molecule has 3 atom stereocenters. The van der Waals surface area contributed by atoms with Crippen molar-refractivity contribution in [2.24, 2.45) is 17.8 Å². The van der Waals surface area contributed by atoms with Crippen LogP contribution >= 0.6 is 0 Å². The first-order valence-electron chi connectivity index (χ1n) is 6.62. The molecule has 0 spiro atoms. The van der Waals surface area contributed by atoms with Gasteiger partial charge in [0.05, 0.1) is 0 Å². The van der Waals surface area contributed by atoms with E-state index in [0.29, 0.717) is 17.4 Å². The summed E-state index contributed by atoms with van der Waals surface area (Å²) in [5.74, 6) is 1.09. The highest BCUT2D eigenvalue weighted by atomic mass is 16.4. The highest BCUT2D eigenvalue weighted by molar-refractivity contribution is 5.85. The van der Waals surface area contributed by atoms with Crippen molar-refractivity contribution in [3.05, 3.63) is 22.8 Å². The van der Waals surface area contributed by atoms with E-state index in [1.54, 1.807) is 12.5 Å². The minimum atomic E-state index is -0.781. The standard InChI is InChI=1S/C15H22O2/c1-9-4-6-12(8-11(3)15(16)17)14-10(2)5-7-13(9)14/h8-9,12-13H,4-7H2,1-3H3,(H,16,17)/b11-8+/t9?,12-,13+/m0/s1. The zero-order valence-corrected chi connectivity index (χ0v) is 11.0. The third-order valence-electron chi connectivity index (χ3n) is 4.53. The van der Waals surface area contributed by atoms with Crippen LogP contribution in [-0.4, -0.2) is 11.1 Å². The largest absolute Gasteiger partial charge is 0.478 e. The molecule has 1 unspecified atom stereocenters. The summed E-state index contributed by atoms with van der Waals surface area (Å²) in [4.78, 5) is 10.9. The number of carboxylic acid groups (broad SMARTS) is 1. The molecule has 0 aliphatic heterocycles. The van der Waals surface area contributed by atoms with Crippen molar-refractivity contribution in [2.45, 2.75) is 46.5 Å². The quantitative estimate of drug-likeness (QED) is 0.583. The van der Waals surface area contributed by atoms with E-state index in [9.17, 15) is 4.79 Å². The molecular formula is C15H22O2. The van der Waals surface area contributed by atoms with Crippen LogP contribution in [0.5, 0.6) is 0 Å². The molecule has 1 N–H and O–H groups in total. The minimum absolute atomic E-state index is 0.384. The third-order valence-corrected chi connectivity index (χ3v) is 4.53. The number of carbonyl (C=O) groups is 1. The maximum atomic E-state index is 10.9. The van der Waals surface area contributed by atoms with E-state index >= 15 is 0 Å². The number of allylic oxidation sites excluding steroid dienone is 3. The number of rotatable bonds is 2. The molecule has 2 heteroatoms. The predicted molar refractivity (Wildman–Crippen MR) is 68.7 cm³/mol. The van der Waals surface area contributed by atoms with Gasteiger partial charge in [0.25, 0.3) is 0 Å². The molecule has 94 valence electrons. The molecule has 17 heavy (non-hydrogen) atoms. The SMILES string of the molecule is CC1=C2[C@H](/C=C(\C)C(=O)O)CCC(C)[C@H]2CC1. The Bertz CT molecular complexity index is 390. The van der Waals surface area contributed by atoms with Crippen molar-refractivity contribution in [1.29, 1.82) is 0 Å². The van der Waals surface area contributed by atoms with Crippen molar-refractivity contribution in [3.63, 3.8) is 0 Å². The molecule has 0 amide bonds. The van der Waals surface area contributed by atoms with Crippen LogP contribution in [-0.2, 0) is 4.79 Å². The maximum absolute atomic E-state index is 10.9. The van der Waals surface area contributed by atoms with Crippen LogP contribution in [0.2, 0.25) is 0 Å². The highest BCUT2D eigenvalue weighted by Gasteiger charge is 2.35. The van der Waals surface area contributed by atoms with Gasteiger partial charge in [-0.2, -0.15) is 0 Å². The first kappa shape index (κ1) is 12.4. The lowest BCUT2D eigenvalue weighted by molar-refractivity contribution is -0.132. The molecule has 2 rings (SSSR count). The number of hydrogen-bond acceptors (Lipinski definition) is 1. The molecule has 0 bridgehead atoms. The van der Waals surface area contributed by atoms with Crippen LogP contribution in [0.3, 0.4) is 0 Å². The van der Waals surface area contributed by atoms with E-state index in [4.69, 9.17) is 5.11 Å². The van der Waals surface area contributed by atoms with Crippen molar-refractivity contribution in [1.82, 2.24) is 0 Å². The molecule has 2 aliphatic carbocycles. The Hall–Kier alpha value is -1.05. The second kappa shape index (κ2) is 4.67. The smallest absolute Gasteiger partial charge is 0.330 e. The fourth-order valence-corrected chi connectivity index (χ4v) is 3.52. The zero-order chi connectivity index (χ0) is 12.6. The molecule has 0 aromatic heterocycles.